The molecule has 0 radical (unpaired) electrons. The van der Waals surface area contributed by atoms with Gasteiger partial charge in [-0.3, -0.25) is 19.2 Å². The lowest BCUT2D eigenvalue weighted by Crippen LogP contribution is -2.50. The highest BCUT2D eigenvalue weighted by atomic mass is 19.1. The number of carbonyl (C=O) groups excluding carboxylic acids is 2. The van der Waals surface area contributed by atoms with E-state index in [-0.39, 0.29) is 18.4 Å². The lowest BCUT2D eigenvalue weighted by atomic mass is 10.2. The number of hydrogen-bond acceptors (Lipinski definition) is 5. The number of nitrogens with one attached hydrogen (secondary N) is 1. The zero-order valence-electron chi connectivity index (χ0n) is 15.8. The lowest BCUT2D eigenvalue weighted by molar-refractivity contribution is -0.133. The molecule has 2 aromatic rings. The normalized spacial score (nSPS) is 14.9. The number of carbonyl (C=O) groups is 2. The highest BCUT2D eigenvalue weighted by Gasteiger charge is 2.21. The summed E-state index contributed by atoms with van der Waals surface area (Å²) < 4.78 is 19.5. The minimum absolute atomic E-state index is 0.00842. The molecule has 2 heterocycles. The number of rotatable bonds is 7. The van der Waals surface area contributed by atoms with Gasteiger partial charge in [-0.2, -0.15) is 5.10 Å². The molecule has 0 saturated carbocycles. The van der Waals surface area contributed by atoms with Crippen molar-refractivity contribution in [2.24, 2.45) is 0 Å². The van der Waals surface area contributed by atoms with E-state index in [1.54, 1.807) is 13.3 Å². The predicted octanol–water partition coefficient (Wildman–Crippen LogP) is 1.07. The maximum Gasteiger partial charge on any atom is 0.255 e. The molecule has 150 valence electrons. The summed E-state index contributed by atoms with van der Waals surface area (Å²) in [5.74, 6) is -0.772. The van der Waals surface area contributed by atoms with Crippen molar-refractivity contribution in [2.75, 3.05) is 51.8 Å². The number of anilines is 1. The zero-order chi connectivity index (χ0) is 19.9. The molecule has 0 spiro atoms. The largest absolute Gasteiger partial charge is 0.383 e. The van der Waals surface area contributed by atoms with Crippen LogP contribution in [-0.4, -0.2) is 77.8 Å². The number of amides is 2. The summed E-state index contributed by atoms with van der Waals surface area (Å²) in [6.45, 7) is 4.68. The molecule has 3 rings (SSSR count). The molecular formula is C19H24FN5O3. The molecule has 2 amide bonds. The van der Waals surface area contributed by atoms with Crippen molar-refractivity contribution in [1.29, 1.82) is 0 Å². The molecule has 1 aliphatic rings. The molecule has 1 fully saturated rings. The number of hydrogen-bond donors (Lipinski definition) is 1. The summed E-state index contributed by atoms with van der Waals surface area (Å²) in [7, 11) is 1.68. The molecule has 1 aromatic carbocycles. The van der Waals surface area contributed by atoms with E-state index in [9.17, 15) is 14.0 Å². The first-order valence-electron chi connectivity index (χ1n) is 9.13. The van der Waals surface area contributed by atoms with E-state index in [0.29, 0.717) is 30.9 Å². The summed E-state index contributed by atoms with van der Waals surface area (Å²) in [4.78, 5) is 28.7. The molecule has 0 unspecified atom stereocenters. The van der Waals surface area contributed by atoms with Gasteiger partial charge in [-0.05, 0) is 24.3 Å². The van der Waals surface area contributed by atoms with E-state index in [2.05, 4.69) is 15.3 Å². The van der Waals surface area contributed by atoms with E-state index >= 15 is 0 Å². The summed E-state index contributed by atoms with van der Waals surface area (Å²) in [5.41, 5.74) is 0.822. The number of halogens is 1. The maximum absolute atomic E-state index is 12.9. The second-order valence-electron chi connectivity index (χ2n) is 6.60. The van der Waals surface area contributed by atoms with Crippen molar-refractivity contribution < 1.29 is 18.7 Å². The van der Waals surface area contributed by atoms with E-state index in [1.165, 1.54) is 35.1 Å². The third kappa shape index (κ3) is 5.37. The summed E-state index contributed by atoms with van der Waals surface area (Å²) in [5, 5.41) is 6.82. The van der Waals surface area contributed by atoms with Crippen LogP contribution in [0.15, 0.2) is 36.7 Å². The minimum Gasteiger partial charge on any atom is -0.383 e. The van der Waals surface area contributed by atoms with Gasteiger partial charge in [0.15, 0.2) is 0 Å². The van der Waals surface area contributed by atoms with Crippen LogP contribution >= 0.6 is 0 Å². The number of aromatic nitrogens is 2. The summed E-state index contributed by atoms with van der Waals surface area (Å²) in [6.07, 6.45) is 3.09. The highest BCUT2D eigenvalue weighted by molar-refractivity contribution is 6.04. The van der Waals surface area contributed by atoms with Crippen LogP contribution in [0.1, 0.15) is 10.4 Å². The molecule has 0 bridgehead atoms. The van der Waals surface area contributed by atoms with Crippen LogP contribution in [0, 0.1) is 5.82 Å². The van der Waals surface area contributed by atoms with Gasteiger partial charge in [0.25, 0.3) is 5.91 Å². The monoisotopic (exact) mass is 389 g/mol. The number of ether oxygens (including phenoxy) is 1. The van der Waals surface area contributed by atoms with Gasteiger partial charge in [0.05, 0.1) is 18.5 Å². The average molecular weight is 389 g/mol. The predicted molar refractivity (Wildman–Crippen MR) is 101 cm³/mol. The second kappa shape index (κ2) is 9.43. The zero-order valence-corrected chi connectivity index (χ0v) is 15.8. The van der Waals surface area contributed by atoms with Gasteiger partial charge in [0.1, 0.15) is 12.4 Å². The molecule has 1 aromatic heterocycles. The molecule has 1 aliphatic heterocycles. The van der Waals surface area contributed by atoms with Crippen LogP contribution < -0.4 is 5.32 Å². The quantitative estimate of drug-likeness (QED) is 0.766. The standard InChI is InChI=1S/C19H24FN5O3/c1-28-11-10-23-6-8-24(9-7-23)18(26)14-25-13-17(12-21-25)22-19(27)15-2-4-16(20)5-3-15/h2-5,12-13H,6-11,14H2,1H3,(H,22,27). The van der Waals surface area contributed by atoms with E-state index in [0.717, 1.165) is 19.6 Å². The molecule has 1 N–H and O–H groups in total. The Morgan fingerprint density at radius 2 is 1.89 bits per heavy atom. The fourth-order valence-electron chi connectivity index (χ4n) is 3.00. The van der Waals surface area contributed by atoms with Crippen molar-refractivity contribution in [2.45, 2.75) is 6.54 Å². The smallest absolute Gasteiger partial charge is 0.255 e. The van der Waals surface area contributed by atoms with Crippen molar-refractivity contribution >= 4 is 17.5 Å². The first-order valence-corrected chi connectivity index (χ1v) is 9.13. The van der Waals surface area contributed by atoms with Gasteiger partial charge in [-0.15, -0.1) is 0 Å². The van der Waals surface area contributed by atoms with Crippen LogP contribution in [0.25, 0.3) is 0 Å². The van der Waals surface area contributed by atoms with Crippen LogP contribution in [0.3, 0.4) is 0 Å². The lowest BCUT2D eigenvalue weighted by Gasteiger charge is -2.34. The number of piperazine rings is 1. The first kappa shape index (κ1) is 20.0. The minimum atomic E-state index is -0.401. The van der Waals surface area contributed by atoms with Gasteiger partial charge in [-0.1, -0.05) is 0 Å². The van der Waals surface area contributed by atoms with Gasteiger partial charge < -0.3 is 15.0 Å². The Balaban J connectivity index is 1.48. The Morgan fingerprint density at radius 1 is 1.18 bits per heavy atom. The van der Waals surface area contributed by atoms with Crippen molar-refractivity contribution in [1.82, 2.24) is 19.6 Å². The molecule has 28 heavy (non-hydrogen) atoms. The third-order valence-corrected chi connectivity index (χ3v) is 4.63. The fourth-order valence-corrected chi connectivity index (χ4v) is 3.00. The highest BCUT2D eigenvalue weighted by Crippen LogP contribution is 2.10. The van der Waals surface area contributed by atoms with E-state index in [4.69, 9.17) is 4.74 Å². The fraction of sp³-hybridized carbons (Fsp3) is 0.421. The van der Waals surface area contributed by atoms with Crippen molar-refractivity contribution in [3.8, 4) is 0 Å². The SMILES string of the molecule is COCCN1CCN(C(=O)Cn2cc(NC(=O)c3ccc(F)cc3)cn2)CC1. The Morgan fingerprint density at radius 3 is 2.57 bits per heavy atom. The van der Waals surface area contributed by atoms with E-state index < -0.39 is 5.82 Å². The molecule has 1 saturated heterocycles. The Labute approximate surface area is 162 Å². The number of benzene rings is 1. The Hall–Kier alpha value is -2.78. The third-order valence-electron chi connectivity index (χ3n) is 4.63. The molecule has 9 heteroatoms. The van der Waals surface area contributed by atoms with Crippen LogP contribution in [0.2, 0.25) is 0 Å². The first-order chi connectivity index (χ1) is 13.5. The van der Waals surface area contributed by atoms with Gasteiger partial charge in [-0.25, -0.2) is 4.39 Å². The van der Waals surface area contributed by atoms with E-state index in [1.807, 2.05) is 4.90 Å². The Kier molecular flexibility index (Phi) is 6.72. The topological polar surface area (TPSA) is 79.7 Å². The summed E-state index contributed by atoms with van der Waals surface area (Å²) in [6, 6.07) is 5.27. The number of nitrogens with zero attached hydrogens (tertiary/aromatic N) is 4. The van der Waals surface area contributed by atoms with Crippen LogP contribution in [0.5, 0.6) is 0 Å². The van der Waals surface area contributed by atoms with Gasteiger partial charge >= 0.3 is 0 Å². The maximum atomic E-state index is 12.9. The molecule has 8 nitrogen and oxygen atoms in total. The van der Waals surface area contributed by atoms with Crippen LogP contribution in [0.4, 0.5) is 10.1 Å². The number of methoxy groups -OCH3 is 1. The second-order valence-corrected chi connectivity index (χ2v) is 6.60. The molecule has 0 atom stereocenters. The van der Waals surface area contributed by atoms with Gasteiger partial charge in [0, 0.05) is 51.6 Å². The summed E-state index contributed by atoms with van der Waals surface area (Å²) >= 11 is 0. The van der Waals surface area contributed by atoms with Gasteiger partial charge in [0.2, 0.25) is 5.91 Å². The molecular weight excluding hydrogens is 365 g/mol. The van der Waals surface area contributed by atoms with Crippen LogP contribution in [-0.2, 0) is 16.1 Å². The van der Waals surface area contributed by atoms with Crippen molar-refractivity contribution in [3.63, 3.8) is 0 Å². The average Bonchev–Trinajstić information content (AvgIpc) is 3.13. The molecule has 0 aliphatic carbocycles. The Bertz CT molecular complexity index is 800. The van der Waals surface area contributed by atoms with Crippen molar-refractivity contribution in [3.05, 3.63) is 48.0 Å².